The Morgan fingerprint density at radius 1 is 1.43 bits per heavy atom. The summed E-state index contributed by atoms with van der Waals surface area (Å²) in [5.74, 6) is 0.712. The van der Waals surface area contributed by atoms with Gasteiger partial charge in [-0.15, -0.1) is 0 Å². The lowest BCUT2D eigenvalue weighted by atomic mass is 10.1. The van der Waals surface area contributed by atoms with Gasteiger partial charge in [-0.3, -0.25) is 0 Å². The Kier molecular flexibility index (Phi) is 6.73. The molecule has 0 aromatic carbocycles. The van der Waals surface area contributed by atoms with Gasteiger partial charge in [-0.25, -0.2) is 0 Å². The molecule has 0 radical (unpaired) electrons. The van der Waals surface area contributed by atoms with Crippen LogP contribution in [0.4, 0.5) is 0 Å². The van der Waals surface area contributed by atoms with E-state index in [4.69, 9.17) is 0 Å². The second kappa shape index (κ2) is 7.31. The van der Waals surface area contributed by atoms with E-state index in [2.05, 4.69) is 12.7 Å². The third kappa shape index (κ3) is 3.73. The standard InChI is InChI=1S/C11H14O.C2H6/c1-3-5-9(6-4-2)11-7-10(11)8-12;1-2/h3-6,8,10-11H,1,7H2,2H3;1-2H3/b6-4-,9-5+;. The van der Waals surface area contributed by atoms with Crippen molar-refractivity contribution in [3.05, 3.63) is 36.5 Å². The Bertz CT molecular complexity index is 236. The van der Waals surface area contributed by atoms with E-state index in [0.717, 1.165) is 12.7 Å². The fraction of sp³-hybridized carbons (Fsp3) is 0.462. The maximum atomic E-state index is 10.4. The minimum atomic E-state index is 0.257. The molecule has 0 aliphatic heterocycles. The average molecular weight is 192 g/mol. The summed E-state index contributed by atoms with van der Waals surface area (Å²) in [5, 5.41) is 0. The van der Waals surface area contributed by atoms with Crippen molar-refractivity contribution in [2.24, 2.45) is 11.8 Å². The molecule has 1 aliphatic rings. The summed E-state index contributed by atoms with van der Waals surface area (Å²) in [5.41, 5.74) is 1.23. The predicted octanol–water partition coefficient (Wildman–Crippen LogP) is 3.54. The van der Waals surface area contributed by atoms with Crippen LogP contribution >= 0.6 is 0 Å². The number of carbonyl (C=O) groups excluding carboxylic acids is 1. The second-order valence-electron chi connectivity index (χ2n) is 3.04. The van der Waals surface area contributed by atoms with Gasteiger partial charge < -0.3 is 4.79 Å². The van der Waals surface area contributed by atoms with E-state index in [9.17, 15) is 4.79 Å². The van der Waals surface area contributed by atoms with Crippen LogP contribution < -0.4 is 0 Å². The Labute approximate surface area is 87.2 Å². The fourth-order valence-electron chi connectivity index (χ4n) is 1.38. The van der Waals surface area contributed by atoms with Crippen molar-refractivity contribution >= 4 is 6.29 Å². The molecule has 1 saturated carbocycles. The van der Waals surface area contributed by atoms with Gasteiger partial charge in [0, 0.05) is 5.92 Å². The molecular weight excluding hydrogens is 172 g/mol. The quantitative estimate of drug-likeness (QED) is 0.492. The van der Waals surface area contributed by atoms with E-state index in [1.54, 1.807) is 6.08 Å². The topological polar surface area (TPSA) is 17.1 Å². The van der Waals surface area contributed by atoms with Crippen LogP contribution in [0.1, 0.15) is 27.2 Å². The van der Waals surface area contributed by atoms with E-state index in [1.807, 2.05) is 32.9 Å². The molecule has 0 bridgehead atoms. The van der Waals surface area contributed by atoms with Gasteiger partial charge in [-0.1, -0.05) is 44.7 Å². The molecule has 0 aromatic rings. The Morgan fingerprint density at radius 2 is 2.07 bits per heavy atom. The van der Waals surface area contributed by atoms with Crippen LogP contribution in [0.2, 0.25) is 0 Å². The molecular formula is C13H20O. The highest BCUT2D eigenvalue weighted by Crippen LogP contribution is 2.43. The zero-order valence-electron chi connectivity index (χ0n) is 9.36. The Morgan fingerprint density at radius 3 is 2.43 bits per heavy atom. The molecule has 78 valence electrons. The number of rotatable bonds is 4. The van der Waals surface area contributed by atoms with E-state index < -0.39 is 0 Å². The summed E-state index contributed by atoms with van der Waals surface area (Å²) in [6, 6.07) is 0. The van der Waals surface area contributed by atoms with Crippen LogP contribution in [0.5, 0.6) is 0 Å². The van der Waals surface area contributed by atoms with Gasteiger partial charge in [0.25, 0.3) is 0 Å². The van der Waals surface area contributed by atoms with Crippen LogP contribution in [0.25, 0.3) is 0 Å². The first kappa shape index (κ1) is 12.9. The summed E-state index contributed by atoms with van der Waals surface area (Å²) in [6.07, 6.45) is 9.85. The first-order valence-corrected chi connectivity index (χ1v) is 5.24. The van der Waals surface area contributed by atoms with Crippen molar-refractivity contribution in [2.45, 2.75) is 27.2 Å². The first-order valence-electron chi connectivity index (χ1n) is 5.24. The summed E-state index contributed by atoms with van der Waals surface area (Å²) in [7, 11) is 0. The van der Waals surface area contributed by atoms with Gasteiger partial charge in [0.15, 0.2) is 0 Å². The van der Waals surface area contributed by atoms with Gasteiger partial charge >= 0.3 is 0 Å². The van der Waals surface area contributed by atoms with E-state index in [-0.39, 0.29) is 5.92 Å². The molecule has 0 aromatic heterocycles. The van der Waals surface area contributed by atoms with Crippen molar-refractivity contribution in [3.63, 3.8) is 0 Å². The lowest BCUT2D eigenvalue weighted by Crippen LogP contribution is -1.86. The molecule has 0 heterocycles. The molecule has 14 heavy (non-hydrogen) atoms. The summed E-state index contributed by atoms with van der Waals surface area (Å²) in [6.45, 7) is 9.63. The van der Waals surface area contributed by atoms with E-state index in [1.165, 1.54) is 5.57 Å². The van der Waals surface area contributed by atoms with Gasteiger partial charge in [0.05, 0.1) is 0 Å². The van der Waals surface area contributed by atoms with Crippen LogP contribution in [0, 0.1) is 11.8 Å². The van der Waals surface area contributed by atoms with E-state index >= 15 is 0 Å². The van der Waals surface area contributed by atoms with Crippen LogP contribution in [-0.4, -0.2) is 6.29 Å². The smallest absolute Gasteiger partial charge is 0.123 e. The van der Waals surface area contributed by atoms with Crippen molar-refractivity contribution in [1.82, 2.24) is 0 Å². The van der Waals surface area contributed by atoms with Gasteiger partial charge in [0.2, 0.25) is 0 Å². The molecule has 0 amide bonds. The lowest BCUT2D eigenvalue weighted by Gasteiger charge is -1.95. The number of hydrogen-bond donors (Lipinski definition) is 0. The van der Waals surface area contributed by atoms with Gasteiger partial charge in [-0.2, -0.15) is 0 Å². The van der Waals surface area contributed by atoms with Gasteiger partial charge in [0.1, 0.15) is 6.29 Å². The fourth-order valence-corrected chi connectivity index (χ4v) is 1.38. The lowest BCUT2D eigenvalue weighted by molar-refractivity contribution is -0.109. The van der Waals surface area contributed by atoms with E-state index in [0.29, 0.717) is 5.92 Å². The van der Waals surface area contributed by atoms with Crippen LogP contribution in [0.15, 0.2) is 36.5 Å². The van der Waals surface area contributed by atoms with Crippen molar-refractivity contribution < 1.29 is 4.79 Å². The maximum absolute atomic E-state index is 10.4. The third-order valence-electron chi connectivity index (χ3n) is 2.11. The molecule has 2 atom stereocenters. The van der Waals surface area contributed by atoms with Crippen molar-refractivity contribution in [3.8, 4) is 0 Å². The number of hydrogen-bond acceptors (Lipinski definition) is 1. The third-order valence-corrected chi connectivity index (χ3v) is 2.11. The first-order chi connectivity index (χ1) is 6.83. The minimum Gasteiger partial charge on any atom is -0.303 e. The highest BCUT2D eigenvalue weighted by Gasteiger charge is 2.38. The Balaban J connectivity index is 0.000000791. The summed E-state index contributed by atoms with van der Waals surface area (Å²) in [4.78, 5) is 10.4. The predicted molar refractivity (Wildman–Crippen MR) is 62.1 cm³/mol. The summed E-state index contributed by atoms with van der Waals surface area (Å²) < 4.78 is 0. The minimum absolute atomic E-state index is 0.257. The number of aldehydes is 1. The number of carbonyl (C=O) groups is 1. The van der Waals surface area contributed by atoms with Gasteiger partial charge in [-0.05, 0) is 24.8 Å². The summed E-state index contributed by atoms with van der Waals surface area (Å²) >= 11 is 0. The van der Waals surface area contributed by atoms with Crippen molar-refractivity contribution in [2.75, 3.05) is 0 Å². The maximum Gasteiger partial charge on any atom is 0.123 e. The molecule has 0 saturated heterocycles. The molecule has 1 aliphatic carbocycles. The molecule has 0 N–H and O–H groups in total. The molecule has 1 nitrogen and oxygen atoms in total. The van der Waals surface area contributed by atoms with Crippen LogP contribution in [0.3, 0.4) is 0 Å². The molecule has 1 heteroatoms. The van der Waals surface area contributed by atoms with Crippen molar-refractivity contribution in [1.29, 1.82) is 0 Å². The average Bonchev–Trinajstić information content (AvgIpc) is 3.00. The zero-order chi connectivity index (χ0) is 11.0. The highest BCUT2D eigenvalue weighted by molar-refractivity contribution is 5.60. The normalized spacial score (nSPS) is 25.2. The molecule has 1 rings (SSSR count). The largest absolute Gasteiger partial charge is 0.303 e. The number of allylic oxidation sites excluding steroid dienone is 5. The van der Waals surface area contributed by atoms with Crippen LogP contribution in [-0.2, 0) is 4.79 Å². The molecule has 0 spiro atoms. The molecule has 1 fully saturated rings. The highest BCUT2D eigenvalue weighted by atomic mass is 16.1. The Hall–Kier alpha value is -1.11. The monoisotopic (exact) mass is 192 g/mol. The molecule has 2 unspecified atom stereocenters. The second-order valence-corrected chi connectivity index (χ2v) is 3.04. The zero-order valence-corrected chi connectivity index (χ0v) is 9.36. The SMILES string of the molecule is C=C/C=C(\C=C/C)C1CC1C=O.CC.